The Morgan fingerprint density at radius 1 is 1.36 bits per heavy atom. The monoisotopic (exact) mass is 346 g/mol. The van der Waals surface area contributed by atoms with E-state index in [1.807, 2.05) is 51.3 Å². The van der Waals surface area contributed by atoms with Crippen molar-refractivity contribution >= 4 is 30.1 Å². The van der Waals surface area contributed by atoms with Crippen molar-refractivity contribution in [3.8, 4) is 5.75 Å². The summed E-state index contributed by atoms with van der Waals surface area (Å²) in [6, 6.07) is 7.25. The second-order valence-corrected chi connectivity index (χ2v) is 6.34. The number of thioether (sulfide) groups is 1. The van der Waals surface area contributed by atoms with Gasteiger partial charge in [-0.1, -0.05) is 12.1 Å². The van der Waals surface area contributed by atoms with Crippen LogP contribution in [-0.2, 0) is 4.79 Å². The number of benzene rings is 1. The Balaban J connectivity index is 0.00000441. The van der Waals surface area contributed by atoms with Crippen LogP contribution < -0.4 is 15.8 Å². The van der Waals surface area contributed by atoms with Crippen LogP contribution in [0.1, 0.15) is 38.8 Å². The summed E-state index contributed by atoms with van der Waals surface area (Å²) in [6.07, 6.45) is 2.83. The summed E-state index contributed by atoms with van der Waals surface area (Å²) in [6.45, 7) is 5.93. The molecule has 1 rings (SSSR count). The molecule has 22 heavy (non-hydrogen) atoms. The molecule has 1 amide bonds. The third kappa shape index (κ3) is 7.38. The van der Waals surface area contributed by atoms with Crippen LogP contribution in [-0.4, -0.2) is 30.1 Å². The molecule has 0 heterocycles. The zero-order chi connectivity index (χ0) is 15.8. The average molecular weight is 347 g/mol. The Morgan fingerprint density at radius 3 is 2.64 bits per heavy atom. The van der Waals surface area contributed by atoms with Gasteiger partial charge in [0, 0.05) is 0 Å². The number of hydrogen-bond donors (Lipinski definition) is 2. The van der Waals surface area contributed by atoms with Crippen molar-refractivity contribution in [1.82, 2.24) is 5.32 Å². The van der Waals surface area contributed by atoms with Crippen LogP contribution in [0.3, 0.4) is 0 Å². The molecule has 0 aromatic heterocycles. The van der Waals surface area contributed by atoms with Crippen LogP contribution in [0.5, 0.6) is 5.75 Å². The number of rotatable bonds is 8. The minimum absolute atomic E-state index is 0. The maximum Gasteiger partial charge on any atom is 0.237 e. The Kier molecular flexibility index (Phi) is 10.3. The molecule has 0 bridgehead atoms. The summed E-state index contributed by atoms with van der Waals surface area (Å²) in [5, 5.41) is 2.96. The molecule has 1 unspecified atom stereocenters. The molecule has 126 valence electrons. The smallest absolute Gasteiger partial charge is 0.237 e. The molecule has 2 atom stereocenters. The quantitative estimate of drug-likeness (QED) is 0.759. The van der Waals surface area contributed by atoms with Gasteiger partial charge in [-0.3, -0.25) is 4.79 Å². The van der Waals surface area contributed by atoms with Crippen molar-refractivity contribution in [1.29, 1.82) is 0 Å². The van der Waals surface area contributed by atoms with Crippen molar-refractivity contribution in [2.75, 3.05) is 12.0 Å². The summed E-state index contributed by atoms with van der Waals surface area (Å²) < 4.78 is 5.67. The highest BCUT2D eigenvalue weighted by molar-refractivity contribution is 7.98. The highest BCUT2D eigenvalue weighted by Crippen LogP contribution is 2.20. The average Bonchev–Trinajstić information content (AvgIpc) is 2.44. The molecule has 0 aliphatic carbocycles. The maximum absolute atomic E-state index is 12.0. The first-order valence-electron chi connectivity index (χ1n) is 7.25. The van der Waals surface area contributed by atoms with Gasteiger partial charge in [-0.25, -0.2) is 0 Å². The number of carbonyl (C=O) groups excluding carboxylic acids is 1. The van der Waals surface area contributed by atoms with Crippen molar-refractivity contribution < 1.29 is 9.53 Å². The van der Waals surface area contributed by atoms with E-state index in [1.54, 1.807) is 11.8 Å². The molecule has 0 saturated carbocycles. The van der Waals surface area contributed by atoms with Gasteiger partial charge in [-0.2, -0.15) is 11.8 Å². The molecule has 0 aliphatic heterocycles. The lowest BCUT2D eigenvalue weighted by Gasteiger charge is -2.19. The van der Waals surface area contributed by atoms with Crippen LogP contribution >= 0.6 is 24.2 Å². The molecule has 1 aromatic carbocycles. The van der Waals surface area contributed by atoms with Crippen molar-refractivity contribution in [3.05, 3.63) is 29.8 Å². The lowest BCUT2D eigenvalue weighted by Crippen LogP contribution is -2.41. The molecule has 0 aliphatic rings. The second-order valence-electron chi connectivity index (χ2n) is 5.36. The first-order valence-corrected chi connectivity index (χ1v) is 8.65. The van der Waals surface area contributed by atoms with Crippen LogP contribution in [0, 0.1) is 0 Å². The molecular weight excluding hydrogens is 320 g/mol. The van der Waals surface area contributed by atoms with E-state index in [4.69, 9.17) is 10.5 Å². The van der Waals surface area contributed by atoms with Crippen LogP contribution in [0.4, 0.5) is 0 Å². The molecule has 0 spiro atoms. The number of halogens is 1. The van der Waals surface area contributed by atoms with E-state index in [0.717, 1.165) is 17.1 Å². The Hall–Kier alpha value is -0.910. The fourth-order valence-electron chi connectivity index (χ4n) is 1.91. The third-order valence-corrected chi connectivity index (χ3v) is 3.70. The summed E-state index contributed by atoms with van der Waals surface area (Å²) >= 11 is 1.69. The van der Waals surface area contributed by atoms with Gasteiger partial charge in [0.2, 0.25) is 5.91 Å². The molecule has 0 fully saturated rings. The van der Waals surface area contributed by atoms with Gasteiger partial charge in [-0.15, -0.1) is 12.4 Å². The van der Waals surface area contributed by atoms with E-state index in [2.05, 4.69) is 5.32 Å². The van der Waals surface area contributed by atoms with Crippen LogP contribution in [0.25, 0.3) is 0 Å². The van der Waals surface area contributed by atoms with Gasteiger partial charge in [0.25, 0.3) is 0 Å². The summed E-state index contributed by atoms with van der Waals surface area (Å²) in [5.41, 5.74) is 6.89. The van der Waals surface area contributed by atoms with Crippen molar-refractivity contribution in [2.24, 2.45) is 5.73 Å². The first-order chi connectivity index (χ1) is 9.93. The minimum Gasteiger partial charge on any atom is -0.491 e. The van der Waals surface area contributed by atoms with Gasteiger partial charge in [0.05, 0.1) is 18.2 Å². The minimum atomic E-state index is -0.449. The van der Waals surface area contributed by atoms with Crippen molar-refractivity contribution in [2.45, 2.75) is 45.4 Å². The maximum atomic E-state index is 12.0. The van der Waals surface area contributed by atoms with E-state index < -0.39 is 6.04 Å². The standard InChI is InChI=1S/C16H26N2O2S.ClH/c1-11(2)20-14-7-5-6-13(10-14)12(3)18-16(19)15(17)8-9-21-4;/h5-7,10-12,15H,8-9,17H2,1-4H3,(H,18,19);1H/t12?,15-;/m0./s1. The van der Waals surface area contributed by atoms with Gasteiger partial charge < -0.3 is 15.8 Å². The molecule has 0 radical (unpaired) electrons. The van der Waals surface area contributed by atoms with E-state index in [0.29, 0.717) is 6.42 Å². The summed E-state index contributed by atoms with van der Waals surface area (Å²) in [4.78, 5) is 12.0. The zero-order valence-corrected chi connectivity index (χ0v) is 15.3. The second kappa shape index (κ2) is 10.8. The Labute approximate surface area is 144 Å². The molecule has 6 heteroatoms. The number of amides is 1. The third-order valence-electron chi connectivity index (χ3n) is 3.06. The van der Waals surface area contributed by atoms with Crippen LogP contribution in [0.15, 0.2) is 24.3 Å². The lowest BCUT2D eigenvalue weighted by molar-refractivity contribution is -0.123. The topological polar surface area (TPSA) is 64.4 Å². The number of hydrogen-bond acceptors (Lipinski definition) is 4. The highest BCUT2D eigenvalue weighted by Gasteiger charge is 2.16. The molecule has 1 aromatic rings. The normalized spacial score (nSPS) is 13.2. The number of carbonyl (C=O) groups is 1. The van der Waals surface area contributed by atoms with E-state index in [9.17, 15) is 4.79 Å². The van der Waals surface area contributed by atoms with Gasteiger partial charge in [0.15, 0.2) is 0 Å². The fourth-order valence-corrected chi connectivity index (χ4v) is 2.40. The predicted octanol–water partition coefficient (Wildman–Crippen LogP) is 3.15. The molecule has 4 nitrogen and oxygen atoms in total. The van der Waals surface area contributed by atoms with E-state index in [-0.39, 0.29) is 30.5 Å². The Bertz CT molecular complexity index is 458. The first kappa shape index (κ1) is 21.1. The molecule has 0 saturated heterocycles. The molecule has 3 N–H and O–H groups in total. The van der Waals surface area contributed by atoms with Gasteiger partial charge in [0.1, 0.15) is 5.75 Å². The number of nitrogens with two attached hydrogens (primary N) is 1. The van der Waals surface area contributed by atoms with Gasteiger partial charge >= 0.3 is 0 Å². The van der Waals surface area contributed by atoms with Gasteiger partial charge in [-0.05, 0) is 56.9 Å². The van der Waals surface area contributed by atoms with Crippen LogP contribution in [0.2, 0.25) is 0 Å². The van der Waals surface area contributed by atoms with E-state index in [1.165, 1.54) is 0 Å². The van der Waals surface area contributed by atoms with E-state index >= 15 is 0 Å². The number of nitrogens with one attached hydrogen (secondary N) is 1. The summed E-state index contributed by atoms with van der Waals surface area (Å²) in [7, 11) is 0. The summed E-state index contributed by atoms with van der Waals surface area (Å²) in [5.74, 6) is 1.60. The van der Waals surface area contributed by atoms with Crippen molar-refractivity contribution in [3.63, 3.8) is 0 Å². The number of ether oxygens (including phenoxy) is 1. The molecular formula is C16H27ClN2O2S. The predicted molar refractivity (Wildman–Crippen MR) is 97.0 cm³/mol. The SMILES string of the molecule is CSCC[C@H](N)C(=O)NC(C)c1cccc(OC(C)C)c1.Cl. The Morgan fingerprint density at radius 2 is 2.05 bits per heavy atom. The highest BCUT2D eigenvalue weighted by atomic mass is 35.5. The lowest BCUT2D eigenvalue weighted by atomic mass is 10.1. The fraction of sp³-hybridized carbons (Fsp3) is 0.562. The zero-order valence-electron chi connectivity index (χ0n) is 13.7. The largest absolute Gasteiger partial charge is 0.491 e.